The van der Waals surface area contributed by atoms with Crippen LogP contribution in [0.15, 0.2) is 85.3 Å². The van der Waals surface area contributed by atoms with Gasteiger partial charge in [0.1, 0.15) is 42.4 Å². The smallest absolute Gasteiger partial charge is 0.306 e. The number of alkyl halides is 1. The summed E-state index contributed by atoms with van der Waals surface area (Å²) in [5, 5.41) is 38.1. The van der Waals surface area contributed by atoms with E-state index in [1.807, 2.05) is 44.2 Å². The number of amides is 9. The van der Waals surface area contributed by atoms with Crippen LogP contribution in [0.5, 0.6) is 0 Å². The predicted octanol–water partition coefficient (Wildman–Crippen LogP) is -0.705. The summed E-state index contributed by atoms with van der Waals surface area (Å²) in [6.07, 6.45) is 4.85. The number of aromatic nitrogens is 2. The number of pyridine rings is 1. The van der Waals surface area contributed by atoms with Gasteiger partial charge in [-0.3, -0.25) is 52.9 Å². The largest absolute Gasteiger partial charge is 0.813 e. The Balaban J connectivity index is 1.61. The highest BCUT2D eigenvalue weighted by atomic mass is 127. The molecule has 4 rings (SSSR count). The maximum absolute atomic E-state index is 15.5. The van der Waals surface area contributed by atoms with Crippen LogP contribution in [0.3, 0.4) is 0 Å². The lowest BCUT2D eigenvalue weighted by atomic mass is 9.82. The summed E-state index contributed by atoms with van der Waals surface area (Å²) in [5.41, 5.74) is 6.68. The molecule has 0 saturated heterocycles. The second-order valence-corrected chi connectivity index (χ2v) is 26.9. The second-order valence-electron chi connectivity index (χ2n) is 22.3. The third-order valence-electron chi connectivity index (χ3n) is 14.7. The summed E-state index contributed by atoms with van der Waals surface area (Å²) in [6, 6.07) is 10.1. The van der Waals surface area contributed by atoms with Crippen LogP contribution in [0.25, 0.3) is 11.1 Å². The van der Waals surface area contributed by atoms with Gasteiger partial charge in [0.05, 0.1) is 31.3 Å². The number of nitrogens with one attached hydrogen (secondary N) is 7. The van der Waals surface area contributed by atoms with Gasteiger partial charge in [0.15, 0.2) is 15.2 Å². The Bertz CT molecular complexity index is 3020. The number of nitrogens with two attached hydrogens (primary N) is 1. The summed E-state index contributed by atoms with van der Waals surface area (Å²) in [7, 11) is 0. The van der Waals surface area contributed by atoms with Crippen molar-refractivity contribution in [3.8, 4) is 11.1 Å². The number of aliphatic hydroxyl groups is 1. The molecule has 472 valence electrons. The molecule has 4 aromatic rings. The summed E-state index contributed by atoms with van der Waals surface area (Å²) in [6.45, 7) is 9.84. The van der Waals surface area contributed by atoms with Gasteiger partial charge in [0, 0.05) is 68.0 Å². The fraction of sp³-hybridized carbons (Fsp3) is 0.483. The molecule has 2 radical (unpaired) electrons. The number of carbonyl (C=O) groups excluding carboxylic acids is 9. The first kappa shape index (κ1) is 72.1. The second kappa shape index (κ2) is 34.9. The summed E-state index contributed by atoms with van der Waals surface area (Å²) >= 11 is 2.21. The zero-order valence-electron chi connectivity index (χ0n) is 50.1. The van der Waals surface area contributed by atoms with E-state index in [1.54, 1.807) is 49.7 Å². The van der Waals surface area contributed by atoms with E-state index < -0.39 is 138 Å². The van der Waals surface area contributed by atoms with Crippen molar-refractivity contribution < 1.29 is 89.5 Å². The first-order valence-electron chi connectivity index (χ1n) is 28.6. The molecule has 0 aliphatic rings. The molecule has 23 nitrogen and oxygen atoms in total. The Kier molecular flexibility index (Phi) is 28.9. The summed E-state index contributed by atoms with van der Waals surface area (Å²) in [4.78, 5) is 138. The number of benzene rings is 2. The van der Waals surface area contributed by atoms with Crippen molar-refractivity contribution in [1.82, 2.24) is 51.7 Å². The Hall–Kier alpha value is -7.35. The SMILES string of the molecule is CC[C](CC)(CC(CC(=O)NCC(=O)NCCNC(=O)[C@H](CCN(C(=O)CO)[C@@H](c1cc(-c2cc(F)ccc2F)cn1Cc1ccccc1)C(C)(C)C)NC(=O)[C@H](CC(N)=O)NC(=O)[C@H](C)NC(=O)[C@H](C)NC(=O)Cc1ccncc1)C(=O)O)[Al][CH2][I-]. The number of halogens is 3. The van der Waals surface area contributed by atoms with Crippen LogP contribution in [0.1, 0.15) is 110 Å². The van der Waals surface area contributed by atoms with Gasteiger partial charge >= 0.3 is 5.97 Å². The number of nitrogens with zero attached hydrogens (tertiary/aromatic N) is 3. The molecule has 9 amide bonds. The van der Waals surface area contributed by atoms with E-state index in [-0.39, 0.29) is 69.6 Å². The average molecular weight is 1340 g/mol. The van der Waals surface area contributed by atoms with E-state index in [9.17, 15) is 62.5 Å². The van der Waals surface area contributed by atoms with Crippen LogP contribution in [0.4, 0.5) is 8.78 Å². The normalized spacial score (nSPS) is 13.5. The molecule has 27 heteroatoms. The molecule has 2 aromatic carbocycles. The highest BCUT2D eigenvalue weighted by Gasteiger charge is 2.39. The number of aliphatic hydroxyl groups excluding tert-OH is 1. The molecular weight excluding hydrogens is 1260 g/mol. The van der Waals surface area contributed by atoms with Gasteiger partial charge in [0.2, 0.25) is 53.2 Å². The van der Waals surface area contributed by atoms with Crippen molar-refractivity contribution in [3.63, 3.8) is 0 Å². The standard InChI is InChI=1S/C59H78F2N11O12.CH2I.Al/c1-8-37(9-2)25-40(58(83)84)28-49(75)66-31-51(77)64-22-23-65-56(81)45(69-57(82)46(30-48(62)74)70-55(80)36(4)68-54(79)35(3)67-50(76)26-38-17-20-63-21-18-38)19-24-72(52(78)34-73)53(59(5,6)7)47-27-41(43-29-42(60)15-16-44(43)61)33-71(47)32-39-13-11-10-12-14-39;1-2;/h10-18,20-21,27,29,33,35-36,40,45-46,53,73H,8-9,19,22-26,28,30-32,34H2,1-7H3,(H2,62,74)(H,64,77)(H,65,81)(H,66,75)(H,67,76)(H,68,79)(H,69,82)(H,70,80)(H,83,84);1H2;/q;-1;/t35-,36-,40?,45-,46-,53-;;/m0../s1. The van der Waals surface area contributed by atoms with Crippen LogP contribution < -0.4 is 65.5 Å². The maximum atomic E-state index is 15.5. The number of primary amides is 1. The molecule has 0 aliphatic carbocycles. The van der Waals surface area contributed by atoms with E-state index in [0.29, 0.717) is 17.7 Å². The zero-order chi connectivity index (χ0) is 64.6. The van der Waals surface area contributed by atoms with E-state index in [0.717, 1.165) is 39.9 Å². The minimum Gasteiger partial charge on any atom is -0.813 e. The van der Waals surface area contributed by atoms with Gasteiger partial charge in [-0.05, 0) is 79.6 Å². The average Bonchev–Trinajstić information content (AvgIpc) is 1.79. The molecule has 0 fully saturated rings. The van der Waals surface area contributed by atoms with Gasteiger partial charge in [-0.15, -0.1) is 0 Å². The Morgan fingerprint density at radius 3 is 1.99 bits per heavy atom. The van der Waals surface area contributed by atoms with Gasteiger partial charge in [-0.25, -0.2) is 12.1 Å². The number of aliphatic carboxylic acids is 1. The molecule has 87 heavy (non-hydrogen) atoms. The number of carboxylic acid groups (broad SMARTS) is 1. The fourth-order valence-electron chi connectivity index (χ4n) is 9.92. The van der Waals surface area contributed by atoms with Crippen molar-refractivity contribution in [2.45, 2.75) is 134 Å². The molecule has 2 heterocycles. The number of hydrogen-bond acceptors (Lipinski definition) is 12. The van der Waals surface area contributed by atoms with Crippen molar-refractivity contribution in [2.75, 3.05) is 36.1 Å². The van der Waals surface area contributed by atoms with Crippen LogP contribution in [-0.4, -0.2) is 159 Å². The monoisotopic (exact) mass is 1340 g/mol. The van der Waals surface area contributed by atoms with Crippen molar-refractivity contribution in [1.29, 1.82) is 0 Å². The van der Waals surface area contributed by atoms with Crippen LogP contribution in [0, 0.1) is 23.0 Å². The van der Waals surface area contributed by atoms with Gasteiger partial charge in [0.25, 0.3) is 0 Å². The molecule has 0 spiro atoms. The summed E-state index contributed by atoms with van der Waals surface area (Å²) < 4.78 is 32.7. The van der Waals surface area contributed by atoms with Gasteiger partial charge in [-0.2, -0.15) is 0 Å². The predicted molar refractivity (Wildman–Crippen MR) is 315 cm³/mol. The fourth-order valence-corrected chi connectivity index (χ4v) is 14.1. The lowest BCUT2D eigenvalue weighted by Gasteiger charge is -2.41. The van der Waals surface area contributed by atoms with Crippen molar-refractivity contribution >= 4 is 74.4 Å². The molecule has 0 aliphatic heterocycles. The Morgan fingerprint density at radius 1 is 0.747 bits per heavy atom. The molecule has 0 saturated carbocycles. The van der Waals surface area contributed by atoms with Crippen LogP contribution in [0.2, 0.25) is 4.28 Å². The molecule has 2 aromatic heterocycles. The molecule has 1 unspecified atom stereocenters. The quantitative estimate of drug-likeness (QED) is 0.0118. The van der Waals surface area contributed by atoms with Crippen molar-refractivity contribution in [3.05, 3.63) is 114 Å². The number of rotatable bonds is 35. The lowest BCUT2D eigenvalue weighted by Crippen LogP contribution is -3.36. The minimum atomic E-state index is -1.76. The van der Waals surface area contributed by atoms with E-state index in [1.165, 1.54) is 31.1 Å². The van der Waals surface area contributed by atoms with Crippen LogP contribution in [-0.2, 0) is 60.9 Å². The Labute approximate surface area is 525 Å². The van der Waals surface area contributed by atoms with E-state index in [2.05, 4.69) is 64.8 Å². The van der Waals surface area contributed by atoms with E-state index >= 15 is 4.39 Å². The number of carboxylic acids is 1. The molecular formula is C60H80AlF2IN11O12-. The summed E-state index contributed by atoms with van der Waals surface area (Å²) in [5.74, 6) is -10.9. The zero-order valence-corrected chi connectivity index (χ0v) is 53.4. The van der Waals surface area contributed by atoms with Crippen LogP contribution >= 0.6 is 0 Å². The molecule has 11 N–H and O–H groups in total. The molecule has 0 bridgehead atoms. The highest BCUT2D eigenvalue weighted by Crippen LogP contribution is 2.42. The highest BCUT2D eigenvalue weighted by molar-refractivity contribution is 6.39. The van der Waals surface area contributed by atoms with Gasteiger partial charge in [-0.1, -0.05) is 82.1 Å². The number of hydrogen-bond donors (Lipinski definition) is 10. The first-order chi connectivity index (χ1) is 41.1. The number of carbonyl (C=O) groups is 10. The topological polar surface area (TPSA) is 342 Å². The molecule has 6 atom stereocenters. The third kappa shape index (κ3) is 23.0. The van der Waals surface area contributed by atoms with E-state index in [4.69, 9.17) is 5.73 Å². The Morgan fingerprint density at radius 2 is 1.38 bits per heavy atom. The first-order valence-corrected chi connectivity index (χ1v) is 31.5. The van der Waals surface area contributed by atoms with Crippen molar-refractivity contribution in [2.24, 2.45) is 17.1 Å². The van der Waals surface area contributed by atoms with Gasteiger partial charge < -0.3 is 85.2 Å². The minimum absolute atomic E-state index is 0.0640. The maximum Gasteiger partial charge on any atom is 0.306 e. The third-order valence-corrected chi connectivity index (χ3v) is 18.1. The lowest BCUT2D eigenvalue weighted by molar-refractivity contribution is -0.343.